The number of pyridine rings is 1. The summed E-state index contributed by atoms with van der Waals surface area (Å²) < 4.78 is 5.54. The van der Waals surface area contributed by atoms with E-state index in [4.69, 9.17) is 4.74 Å². The van der Waals surface area contributed by atoms with Crippen LogP contribution in [-0.2, 0) is 0 Å². The maximum atomic E-state index is 10.9. The minimum absolute atomic E-state index is 0.00287. The van der Waals surface area contributed by atoms with Crippen molar-refractivity contribution < 1.29 is 14.8 Å². The van der Waals surface area contributed by atoms with Crippen LogP contribution in [-0.4, -0.2) is 15.0 Å². The van der Waals surface area contributed by atoms with Crippen molar-refractivity contribution >= 4 is 5.69 Å². The van der Waals surface area contributed by atoms with Gasteiger partial charge in [-0.3, -0.25) is 10.1 Å². The lowest BCUT2D eigenvalue weighted by molar-refractivity contribution is -0.385. The lowest BCUT2D eigenvalue weighted by atomic mass is 10.2. The second-order valence-electron chi connectivity index (χ2n) is 4.37. The maximum Gasteiger partial charge on any atom is 0.276 e. The molecule has 1 heterocycles. The molecule has 0 aliphatic heterocycles. The first kappa shape index (κ1) is 14.0. The summed E-state index contributed by atoms with van der Waals surface area (Å²) in [5.41, 5.74) is 1.12. The summed E-state index contributed by atoms with van der Waals surface area (Å²) in [5.74, 6) is 0.703. The van der Waals surface area contributed by atoms with E-state index in [1.165, 1.54) is 12.3 Å². The van der Waals surface area contributed by atoms with Crippen LogP contribution in [0.1, 0.15) is 24.2 Å². The zero-order valence-electron chi connectivity index (χ0n) is 11.1. The Morgan fingerprint density at radius 1 is 1.35 bits per heavy atom. The van der Waals surface area contributed by atoms with Crippen LogP contribution in [0.4, 0.5) is 5.69 Å². The van der Waals surface area contributed by atoms with E-state index in [0.717, 1.165) is 0 Å². The van der Waals surface area contributed by atoms with Crippen molar-refractivity contribution in [3.63, 3.8) is 0 Å². The maximum absolute atomic E-state index is 10.9. The van der Waals surface area contributed by atoms with Gasteiger partial charge in [0.1, 0.15) is 5.75 Å². The molecule has 0 amide bonds. The van der Waals surface area contributed by atoms with Gasteiger partial charge < -0.3 is 9.84 Å². The highest BCUT2D eigenvalue weighted by Gasteiger charge is 2.15. The molecule has 0 bridgehead atoms. The van der Waals surface area contributed by atoms with Gasteiger partial charge in [-0.1, -0.05) is 6.07 Å². The van der Waals surface area contributed by atoms with Gasteiger partial charge in [-0.15, -0.1) is 0 Å². The predicted octanol–water partition coefficient (Wildman–Crippen LogP) is 3.14. The third-order valence-corrected chi connectivity index (χ3v) is 2.91. The van der Waals surface area contributed by atoms with Crippen molar-refractivity contribution in [2.24, 2.45) is 0 Å². The Kier molecular flexibility index (Phi) is 3.95. The van der Waals surface area contributed by atoms with Crippen molar-refractivity contribution in [2.45, 2.75) is 20.0 Å². The standard InChI is InChI=1S/C14H14N2O4/c1-9-12(16(18)19)4-3-5-13(9)20-14-7-6-11(8-15-14)10(2)17/h3-8,10,17H,1-2H3. The van der Waals surface area contributed by atoms with E-state index in [2.05, 4.69) is 4.98 Å². The monoisotopic (exact) mass is 274 g/mol. The molecule has 0 saturated carbocycles. The number of ether oxygens (including phenoxy) is 1. The van der Waals surface area contributed by atoms with E-state index in [0.29, 0.717) is 22.8 Å². The number of hydrogen-bond donors (Lipinski definition) is 1. The fraction of sp³-hybridized carbons (Fsp3) is 0.214. The molecule has 2 rings (SSSR count). The Morgan fingerprint density at radius 2 is 2.10 bits per heavy atom. The Bertz CT molecular complexity index is 624. The fourth-order valence-electron chi connectivity index (χ4n) is 1.72. The van der Waals surface area contributed by atoms with E-state index >= 15 is 0 Å². The number of rotatable bonds is 4. The number of hydrogen-bond acceptors (Lipinski definition) is 5. The van der Waals surface area contributed by atoms with Crippen molar-refractivity contribution in [2.75, 3.05) is 0 Å². The largest absolute Gasteiger partial charge is 0.439 e. The molecule has 6 heteroatoms. The number of benzene rings is 1. The Hall–Kier alpha value is -2.47. The minimum Gasteiger partial charge on any atom is -0.439 e. The molecule has 0 spiro atoms. The second-order valence-corrected chi connectivity index (χ2v) is 4.37. The fourth-order valence-corrected chi connectivity index (χ4v) is 1.72. The molecule has 1 aromatic heterocycles. The van der Waals surface area contributed by atoms with Gasteiger partial charge in [-0.05, 0) is 31.5 Å². The average molecular weight is 274 g/mol. The van der Waals surface area contributed by atoms with Gasteiger partial charge in [-0.25, -0.2) is 4.98 Å². The zero-order valence-corrected chi connectivity index (χ0v) is 11.1. The molecule has 2 aromatic rings. The number of aliphatic hydroxyl groups excluding tert-OH is 1. The van der Waals surface area contributed by atoms with E-state index < -0.39 is 11.0 Å². The highest BCUT2D eigenvalue weighted by molar-refractivity contribution is 5.49. The van der Waals surface area contributed by atoms with Gasteiger partial charge in [0.15, 0.2) is 0 Å². The van der Waals surface area contributed by atoms with E-state index in [9.17, 15) is 15.2 Å². The summed E-state index contributed by atoms with van der Waals surface area (Å²) in [6, 6.07) is 7.93. The molecule has 0 aliphatic rings. The summed E-state index contributed by atoms with van der Waals surface area (Å²) in [5, 5.41) is 20.2. The molecular weight excluding hydrogens is 260 g/mol. The normalized spacial score (nSPS) is 11.9. The first-order chi connectivity index (χ1) is 9.49. The number of aromatic nitrogens is 1. The van der Waals surface area contributed by atoms with Gasteiger partial charge in [0, 0.05) is 18.3 Å². The molecule has 1 unspecified atom stereocenters. The van der Waals surface area contributed by atoms with E-state index in [1.54, 1.807) is 38.1 Å². The summed E-state index contributed by atoms with van der Waals surface area (Å²) >= 11 is 0. The van der Waals surface area contributed by atoms with Crippen LogP contribution in [0.3, 0.4) is 0 Å². The molecule has 1 N–H and O–H groups in total. The molecule has 6 nitrogen and oxygen atoms in total. The number of nitro groups is 1. The van der Waals surface area contributed by atoms with E-state index in [-0.39, 0.29) is 5.69 Å². The highest BCUT2D eigenvalue weighted by atomic mass is 16.6. The Morgan fingerprint density at radius 3 is 2.65 bits per heavy atom. The summed E-state index contributed by atoms with van der Waals surface area (Å²) in [4.78, 5) is 14.5. The molecule has 1 aromatic carbocycles. The molecule has 20 heavy (non-hydrogen) atoms. The molecule has 0 saturated heterocycles. The van der Waals surface area contributed by atoms with Crippen molar-refractivity contribution in [1.82, 2.24) is 4.98 Å². The van der Waals surface area contributed by atoms with Crippen LogP contribution in [0.2, 0.25) is 0 Å². The molecule has 0 aliphatic carbocycles. The third-order valence-electron chi connectivity index (χ3n) is 2.91. The van der Waals surface area contributed by atoms with Gasteiger partial charge in [0.05, 0.1) is 16.6 Å². The average Bonchev–Trinajstić information content (AvgIpc) is 2.41. The molecule has 1 atom stereocenters. The first-order valence-electron chi connectivity index (χ1n) is 6.05. The smallest absolute Gasteiger partial charge is 0.276 e. The lowest BCUT2D eigenvalue weighted by Gasteiger charge is -2.09. The lowest BCUT2D eigenvalue weighted by Crippen LogP contribution is -1.97. The van der Waals surface area contributed by atoms with Gasteiger partial charge >= 0.3 is 0 Å². The summed E-state index contributed by atoms with van der Waals surface area (Å²) in [6.45, 7) is 3.26. The summed E-state index contributed by atoms with van der Waals surface area (Å²) in [7, 11) is 0. The Balaban J connectivity index is 2.26. The van der Waals surface area contributed by atoms with Gasteiger partial charge in [-0.2, -0.15) is 0 Å². The number of nitro benzene ring substituents is 1. The minimum atomic E-state index is -0.601. The van der Waals surface area contributed by atoms with Crippen molar-refractivity contribution in [3.05, 3.63) is 57.8 Å². The quantitative estimate of drug-likeness (QED) is 0.683. The SMILES string of the molecule is Cc1c(Oc2ccc(C(C)O)cn2)cccc1[N+](=O)[O-]. The van der Waals surface area contributed by atoms with Crippen LogP contribution < -0.4 is 4.74 Å². The van der Waals surface area contributed by atoms with Gasteiger partial charge in [0.25, 0.3) is 5.69 Å². The predicted molar refractivity (Wildman–Crippen MR) is 72.8 cm³/mol. The summed E-state index contributed by atoms with van der Waals surface area (Å²) in [6.07, 6.45) is 0.906. The molecule has 104 valence electrons. The topological polar surface area (TPSA) is 85.5 Å². The van der Waals surface area contributed by atoms with E-state index in [1.807, 2.05) is 0 Å². The van der Waals surface area contributed by atoms with Crippen LogP contribution in [0.25, 0.3) is 0 Å². The van der Waals surface area contributed by atoms with Gasteiger partial charge in [0.2, 0.25) is 5.88 Å². The first-order valence-corrected chi connectivity index (χ1v) is 6.05. The van der Waals surface area contributed by atoms with Crippen molar-refractivity contribution in [1.29, 1.82) is 0 Å². The molecule has 0 fully saturated rings. The number of aliphatic hydroxyl groups is 1. The third kappa shape index (κ3) is 2.92. The Labute approximate surface area is 115 Å². The molecular formula is C14H14N2O4. The second kappa shape index (κ2) is 5.66. The molecule has 0 radical (unpaired) electrons. The van der Waals surface area contributed by atoms with Crippen molar-refractivity contribution in [3.8, 4) is 11.6 Å². The van der Waals surface area contributed by atoms with Crippen LogP contribution in [0, 0.1) is 17.0 Å². The van der Waals surface area contributed by atoms with Crippen LogP contribution in [0.15, 0.2) is 36.5 Å². The van der Waals surface area contributed by atoms with Crippen LogP contribution >= 0.6 is 0 Å². The van der Waals surface area contributed by atoms with Crippen LogP contribution in [0.5, 0.6) is 11.6 Å². The number of nitrogens with zero attached hydrogens (tertiary/aromatic N) is 2. The zero-order chi connectivity index (χ0) is 14.7. The highest BCUT2D eigenvalue weighted by Crippen LogP contribution is 2.30.